The summed E-state index contributed by atoms with van der Waals surface area (Å²) in [4.78, 5) is 11.9. The number of nitrogens with one attached hydrogen (secondary N) is 1. The number of hydrogen-bond acceptors (Lipinski definition) is 5. The number of carbonyl (C=O) groups is 1. The van der Waals surface area contributed by atoms with E-state index in [9.17, 15) is 4.79 Å². The zero-order valence-electron chi connectivity index (χ0n) is 21.2. The van der Waals surface area contributed by atoms with Crippen molar-refractivity contribution in [3.63, 3.8) is 0 Å². The number of carbonyl (C=O) groups excluding carboxylic acids is 1. The van der Waals surface area contributed by atoms with E-state index in [0.29, 0.717) is 24.7 Å². The van der Waals surface area contributed by atoms with Gasteiger partial charge in [-0.2, -0.15) is 0 Å². The molecule has 1 atom stereocenters. The van der Waals surface area contributed by atoms with Gasteiger partial charge in [0.15, 0.2) is 0 Å². The molecule has 1 saturated carbocycles. The summed E-state index contributed by atoms with van der Waals surface area (Å²) < 4.78 is 16.7. The summed E-state index contributed by atoms with van der Waals surface area (Å²) in [6.45, 7) is 12.2. The van der Waals surface area contributed by atoms with Crippen LogP contribution >= 0.6 is 0 Å². The number of fused-ring (bicyclic) bond motifs is 1. The van der Waals surface area contributed by atoms with E-state index in [4.69, 9.17) is 14.2 Å². The lowest BCUT2D eigenvalue weighted by Gasteiger charge is -2.37. The highest BCUT2D eigenvalue weighted by Crippen LogP contribution is 2.39. The van der Waals surface area contributed by atoms with Crippen LogP contribution in [-0.2, 0) is 20.8 Å². The minimum atomic E-state index is -0.269. The summed E-state index contributed by atoms with van der Waals surface area (Å²) in [7, 11) is 1.59. The Morgan fingerprint density at radius 2 is 1.85 bits per heavy atom. The minimum absolute atomic E-state index is 0.176. The molecule has 5 nitrogen and oxygen atoms in total. The highest BCUT2D eigenvalue weighted by atomic mass is 16.6. The zero-order chi connectivity index (χ0) is 24.0. The lowest BCUT2D eigenvalue weighted by Crippen LogP contribution is -2.30. The van der Waals surface area contributed by atoms with Crippen LogP contribution in [0.15, 0.2) is 30.3 Å². The topological polar surface area (TPSA) is 56.8 Å². The minimum Gasteiger partial charge on any atom is -0.490 e. The molecule has 1 fully saturated rings. The third-order valence-electron chi connectivity index (χ3n) is 6.73. The van der Waals surface area contributed by atoms with Gasteiger partial charge >= 0.3 is 5.97 Å². The molecule has 0 heterocycles. The zero-order valence-corrected chi connectivity index (χ0v) is 21.2. The predicted octanol–water partition coefficient (Wildman–Crippen LogP) is 5.80. The summed E-state index contributed by atoms with van der Waals surface area (Å²) >= 11 is 0. The molecule has 0 aromatic heterocycles. The fourth-order valence-corrected chi connectivity index (χ4v) is 4.82. The van der Waals surface area contributed by atoms with Crippen LogP contribution in [0.25, 0.3) is 10.8 Å². The summed E-state index contributed by atoms with van der Waals surface area (Å²) in [5.74, 6) is 1.49. The molecule has 1 unspecified atom stereocenters. The molecular formula is C28H41NO4. The van der Waals surface area contributed by atoms with E-state index in [1.54, 1.807) is 7.11 Å². The molecule has 0 radical (unpaired) electrons. The van der Waals surface area contributed by atoms with Crippen LogP contribution < -0.4 is 10.1 Å². The van der Waals surface area contributed by atoms with Crippen LogP contribution in [0.1, 0.15) is 64.5 Å². The van der Waals surface area contributed by atoms with Crippen LogP contribution in [0, 0.1) is 18.3 Å². The van der Waals surface area contributed by atoms with Gasteiger partial charge in [0.2, 0.25) is 0 Å². The van der Waals surface area contributed by atoms with Crippen molar-refractivity contribution < 1.29 is 19.0 Å². The number of hydrogen-bond donors (Lipinski definition) is 1. The van der Waals surface area contributed by atoms with Crippen molar-refractivity contribution in [3.8, 4) is 5.75 Å². The molecule has 0 amide bonds. The van der Waals surface area contributed by atoms with Crippen LogP contribution in [0.3, 0.4) is 0 Å². The van der Waals surface area contributed by atoms with Crippen LogP contribution in [-0.4, -0.2) is 38.4 Å². The second-order valence-corrected chi connectivity index (χ2v) is 10.6. The van der Waals surface area contributed by atoms with E-state index in [1.807, 2.05) is 6.92 Å². The van der Waals surface area contributed by atoms with Crippen LogP contribution in [0.2, 0.25) is 0 Å². The Labute approximate surface area is 199 Å². The molecule has 33 heavy (non-hydrogen) atoms. The summed E-state index contributed by atoms with van der Waals surface area (Å²) in [5.41, 5.74) is 2.73. The number of methoxy groups -OCH3 is 1. The van der Waals surface area contributed by atoms with Crippen molar-refractivity contribution >= 4 is 16.7 Å². The summed E-state index contributed by atoms with van der Waals surface area (Å²) in [6, 6.07) is 10.7. The normalized spacial score (nSPS) is 19.9. The van der Waals surface area contributed by atoms with Gasteiger partial charge in [-0.05, 0) is 91.0 Å². The smallest absolute Gasteiger partial charge is 0.320 e. The van der Waals surface area contributed by atoms with Gasteiger partial charge in [0, 0.05) is 13.7 Å². The van der Waals surface area contributed by atoms with Gasteiger partial charge in [-0.1, -0.05) is 32.9 Å². The van der Waals surface area contributed by atoms with Gasteiger partial charge in [-0.25, -0.2) is 0 Å². The first-order valence-corrected chi connectivity index (χ1v) is 12.2. The molecule has 2 aromatic rings. The van der Waals surface area contributed by atoms with E-state index in [2.05, 4.69) is 63.3 Å². The molecule has 182 valence electrons. The standard InChI is InChI=1S/C28H41NO4/c1-19-13-25(33-24-11-9-23(10-12-24)28(3,4)5)15-22-8-7-21(14-26(19)22)16-29-17-27(30)32-20(2)18-31-6/h7-8,13-15,20,23-24,29H,9-12,16-18H2,1-6H3. The molecule has 0 spiro atoms. The van der Waals surface area contributed by atoms with Crippen LogP contribution in [0.4, 0.5) is 0 Å². The molecular weight excluding hydrogens is 414 g/mol. The van der Waals surface area contributed by atoms with Gasteiger partial charge in [0.1, 0.15) is 11.9 Å². The molecule has 0 saturated heterocycles. The number of ether oxygens (including phenoxy) is 3. The first-order chi connectivity index (χ1) is 15.7. The largest absolute Gasteiger partial charge is 0.490 e. The molecule has 3 rings (SSSR count). The third kappa shape index (κ3) is 7.44. The quantitative estimate of drug-likeness (QED) is 0.484. The third-order valence-corrected chi connectivity index (χ3v) is 6.73. The Bertz CT molecular complexity index is 925. The number of aryl methyl sites for hydroxylation is 1. The highest BCUT2D eigenvalue weighted by molar-refractivity contribution is 5.87. The van der Waals surface area contributed by atoms with Crippen molar-refractivity contribution in [2.75, 3.05) is 20.3 Å². The number of benzene rings is 2. The molecule has 1 N–H and O–H groups in total. The van der Waals surface area contributed by atoms with Gasteiger partial charge < -0.3 is 19.5 Å². The lowest BCUT2D eigenvalue weighted by atomic mass is 9.72. The SMILES string of the molecule is COCC(C)OC(=O)CNCc1ccc2cc(OC3CCC(C(C)(C)C)CC3)cc(C)c2c1. The Morgan fingerprint density at radius 1 is 1.12 bits per heavy atom. The van der Waals surface area contributed by atoms with E-state index in [0.717, 1.165) is 30.1 Å². The average molecular weight is 456 g/mol. The van der Waals surface area contributed by atoms with Crippen molar-refractivity contribution in [3.05, 3.63) is 41.5 Å². The fraction of sp³-hybridized carbons (Fsp3) is 0.607. The van der Waals surface area contributed by atoms with Crippen molar-refractivity contribution in [2.24, 2.45) is 11.3 Å². The van der Waals surface area contributed by atoms with Gasteiger partial charge in [0.05, 0.1) is 19.3 Å². The molecule has 0 aliphatic heterocycles. The number of esters is 1. The molecule has 1 aliphatic carbocycles. The van der Waals surface area contributed by atoms with E-state index in [-0.39, 0.29) is 18.6 Å². The maximum absolute atomic E-state index is 11.9. The molecule has 5 heteroatoms. The van der Waals surface area contributed by atoms with Gasteiger partial charge in [-0.3, -0.25) is 4.79 Å². The Kier molecular flexibility index (Phi) is 8.77. The summed E-state index contributed by atoms with van der Waals surface area (Å²) in [6.07, 6.45) is 4.84. The van der Waals surface area contributed by atoms with Crippen LogP contribution in [0.5, 0.6) is 5.75 Å². The maximum Gasteiger partial charge on any atom is 0.320 e. The molecule has 1 aliphatic rings. The van der Waals surface area contributed by atoms with Gasteiger partial charge in [-0.15, -0.1) is 0 Å². The second kappa shape index (κ2) is 11.3. The van der Waals surface area contributed by atoms with Crippen molar-refractivity contribution in [1.82, 2.24) is 5.32 Å². The Balaban J connectivity index is 1.55. The maximum atomic E-state index is 11.9. The first-order valence-electron chi connectivity index (χ1n) is 12.2. The predicted molar refractivity (Wildman–Crippen MR) is 134 cm³/mol. The van der Waals surface area contributed by atoms with E-state index < -0.39 is 0 Å². The van der Waals surface area contributed by atoms with E-state index in [1.165, 1.54) is 29.2 Å². The number of rotatable bonds is 9. The monoisotopic (exact) mass is 455 g/mol. The Hall–Kier alpha value is -2.11. The average Bonchev–Trinajstić information content (AvgIpc) is 2.74. The fourth-order valence-electron chi connectivity index (χ4n) is 4.82. The van der Waals surface area contributed by atoms with Crippen molar-refractivity contribution in [2.45, 2.75) is 79.1 Å². The molecule has 0 bridgehead atoms. The second-order valence-electron chi connectivity index (χ2n) is 10.6. The lowest BCUT2D eigenvalue weighted by molar-refractivity contribution is -0.149. The van der Waals surface area contributed by atoms with E-state index >= 15 is 0 Å². The van der Waals surface area contributed by atoms with Crippen molar-refractivity contribution in [1.29, 1.82) is 0 Å². The molecule has 2 aromatic carbocycles. The Morgan fingerprint density at radius 3 is 2.52 bits per heavy atom. The van der Waals surface area contributed by atoms with Gasteiger partial charge in [0.25, 0.3) is 0 Å². The highest BCUT2D eigenvalue weighted by Gasteiger charge is 2.30. The first kappa shape index (κ1) is 25.5. The summed E-state index contributed by atoms with van der Waals surface area (Å²) in [5, 5.41) is 5.57.